The molecule has 86 valence electrons. The third-order valence-electron chi connectivity index (χ3n) is 2.21. The Morgan fingerprint density at radius 1 is 1.56 bits per heavy atom. The maximum Gasteiger partial charge on any atom is 0.394 e. The minimum atomic E-state index is -0.729. The molecule has 1 aliphatic rings. The van der Waals surface area contributed by atoms with Crippen LogP contribution in [0.4, 0.5) is 0 Å². The standard InChI is InChI=1S/C10H11NO5/c1-2-15-10(13)8-11-7-5-14-4-3-6(7)9(12)16-8/h2-5H2,1H3. The van der Waals surface area contributed by atoms with Gasteiger partial charge in [0.1, 0.15) is 0 Å². The Labute approximate surface area is 91.2 Å². The van der Waals surface area contributed by atoms with Crippen LogP contribution in [0.3, 0.4) is 0 Å². The highest BCUT2D eigenvalue weighted by Crippen LogP contribution is 2.11. The molecule has 2 heterocycles. The van der Waals surface area contributed by atoms with Gasteiger partial charge in [-0.1, -0.05) is 0 Å². The normalized spacial score (nSPS) is 14.3. The van der Waals surface area contributed by atoms with Crippen LogP contribution in [-0.2, 0) is 22.5 Å². The molecular weight excluding hydrogens is 214 g/mol. The van der Waals surface area contributed by atoms with Crippen LogP contribution in [0.15, 0.2) is 9.21 Å². The number of hydrogen-bond donors (Lipinski definition) is 0. The zero-order chi connectivity index (χ0) is 11.5. The first-order valence-electron chi connectivity index (χ1n) is 5.00. The number of esters is 1. The molecule has 6 heteroatoms. The van der Waals surface area contributed by atoms with Crippen LogP contribution < -0.4 is 5.63 Å². The second-order valence-corrected chi connectivity index (χ2v) is 3.25. The number of carbonyl (C=O) groups excluding carboxylic acids is 1. The van der Waals surface area contributed by atoms with Crippen LogP contribution in [0.1, 0.15) is 28.9 Å². The average Bonchev–Trinajstić information content (AvgIpc) is 2.29. The van der Waals surface area contributed by atoms with Crippen molar-refractivity contribution in [2.45, 2.75) is 20.0 Å². The van der Waals surface area contributed by atoms with Crippen LogP contribution in [0.25, 0.3) is 0 Å². The number of nitrogens with zero attached hydrogens (tertiary/aromatic N) is 1. The van der Waals surface area contributed by atoms with Gasteiger partial charge in [0.2, 0.25) is 0 Å². The summed E-state index contributed by atoms with van der Waals surface area (Å²) in [5.74, 6) is -1.04. The summed E-state index contributed by atoms with van der Waals surface area (Å²) >= 11 is 0. The third kappa shape index (κ3) is 1.96. The highest BCUT2D eigenvalue weighted by molar-refractivity contribution is 5.84. The van der Waals surface area contributed by atoms with E-state index in [-0.39, 0.29) is 19.1 Å². The molecule has 0 radical (unpaired) electrons. The molecule has 1 aliphatic heterocycles. The average molecular weight is 225 g/mol. The largest absolute Gasteiger partial charge is 0.459 e. The van der Waals surface area contributed by atoms with Crippen molar-refractivity contribution in [3.8, 4) is 0 Å². The Kier molecular flexibility index (Phi) is 3.00. The van der Waals surface area contributed by atoms with Gasteiger partial charge in [-0.3, -0.25) is 0 Å². The van der Waals surface area contributed by atoms with Crippen LogP contribution in [0.5, 0.6) is 0 Å². The molecule has 0 N–H and O–H groups in total. The monoisotopic (exact) mass is 225 g/mol. The van der Waals surface area contributed by atoms with E-state index in [1.807, 2.05) is 0 Å². The number of ether oxygens (including phenoxy) is 2. The predicted molar refractivity (Wildman–Crippen MR) is 52.1 cm³/mol. The molecule has 6 nitrogen and oxygen atoms in total. The van der Waals surface area contributed by atoms with Gasteiger partial charge >= 0.3 is 17.5 Å². The molecule has 0 aliphatic carbocycles. The van der Waals surface area contributed by atoms with Crippen molar-refractivity contribution in [2.75, 3.05) is 13.2 Å². The van der Waals surface area contributed by atoms with Gasteiger partial charge in [-0.25, -0.2) is 14.6 Å². The fraction of sp³-hybridized carbons (Fsp3) is 0.500. The smallest absolute Gasteiger partial charge is 0.394 e. The fourth-order valence-electron chi connectivity index (χ4n) is 1.47. The molecule has 0 unspecified atom stereocenters. The van der Waals surface area contributed by atoms with Gasteiger partial charge in [-0.2, -0.15) is 0 Å². The molecule has 0 fully saturated rings. The first-order valence-corrected chi connectivity index (χ1v) is 5.00. The zero-order valence-corrected chi connectivity index (χ0v) is 8.82. The predicted octanol–water partition coefficient (Wildman–Crippen LogP) is 0.284. The lowest BCUT2D eigenvalue weighted by molar-refractivity contribution is 0.0465. The van der Waals surface area contributed by atoms with Crippen LogP contribution in [-0.4, -0.2) is 24.2 Å². The van der Waals surface area contributed by atoms with E-state index in [9.17, 15) is 9.59 Å². The second-order valence-electron chi connectivity index (χ2n) is 3.25. The van der Waals surface area contributed by atoms with Crippen molar-refractivity contribution in [2.24, 2.45) is 0 Å². The second kappa shape index (κ2) is 4.44. The van der Waals surface area contributed by atoms with E-state index >= 15 is 0 Å². The first kappa shape index (κ1) is 10.8. The van der Waals surface area contributed by atoms with Crippen molar-refractivity contribution in [1.29, 1.82) is 0 Å². The highest BCUT2D eigenvalue weighted by atomic mass is 16.5. The van der Waals surface area contributed by atoms with E-state index in [0.717, 1.165) is 0 Å². The number of hydrogen-bond acceptors (Lipinski definition) is 6. The Hall–Kier alpha value is -1.69. The first-order chi connectivity index (χ1) is 7.72. The number of rotatable bonds is 2. The van der Waals surface area contributed by atoms with Crippen molar-refractivity contribution in [1.82, 2.24) is 4.98 Å². The van der Waals surface area contributed by atoms with Crippen LogP contribution in [0, 0.1) is 0 Å². The zero-order valence-electron chi connectivity index (χ0n) is 8.82. The topological polar surface area (TPSA) is 78.6 Å². The van der Waals surface area contributed by atoms with Gasteiger partial charge in [-0.15, -0.1) is 0 Å². The SMILES string of the molecule is CCOC(=O)c1nc2c(c(=O)o1)CCOC2. The molecule has 0 saturated heterocycles. The van der Waals surface area contributed by atoms with E-state index in [2.05, 4.69) is 4.98 Å². The molecular formula is C10H11NO5. The van der Waals surface area contributed by atoms with Crippen molar-refractivity contribution in [3.63, 3.8) is 0 Å². The van der Waals surface area contributed by atoms with Crippen LogP contribution >= 0.6 is 0 Å². The molecule has 0 atom stereocenters. The number of aromatic nitrogens is 1. The maximum atomic E-state index is 11.5. The molecule has 0 amide bonds. The summed E-state index contributed by atoms with van der Waals surface area (Å²) in [4.78, 5) is 26.8. The summed E-state index contributed by atoms with van der Waals surface area (Å²) in [6, 6.07) is 0. The summed E-state index contributed by atoms with van der Waals surface area (Å²) in [7, 11) is 0. The molecule has 0 bridgehead atoms. The van der Waals surface area contributed by atoms with Gasteiger partial charge in [0.25, 0.3) is 0 Å². The lowest BCUT2D eigenvalue weighted by Gasteiger charge is -2.13. The van der Waals surface area contributed by atoms with E-state index in [4.69, 9.17) is 13.9 Å². The quantitative estimate of drug-likeness (QED) is 0.673. The third-order valence-corrected chi connectivity index (χ3v) is 2.21. The Morgan fingerprint density at radius 3 is 3.12 bits per heavy atom. The molecule has 1 aromatic heterocycles. The lowest BCUT2D eigenvalue weighted by atomic mass is 10.1. The van der Waals surface area contributed by atoms with E-state index in [1.54, 1.807) is 6.92 Å². The lowest BCUT2D eigenvalue weighted by Crippen LogP contribution is -2.24. The molecule has 0 aromatic carbocycles. The highest BCUT2D eigenvalue weighted by Gasteiger charge is 2.21. The summed E-state index contributed by atoms with van der Waals surface area (Å²) in [5.41, 5.74) is 0.418. The van der Waals surface area contributed by atoms with Crippen molar-refractivity contribution < 1.29 is 18.7 Å². The maximum absolute atomic E-state index is 11.5. The minimum absolute atomic E-state index is 0.206. The molecule has 1 aromatic rings. The summed E-state index contributed by atoms with van der Waals surface area (Å²) in [5, 5.41) is 0. The van der Waals surface area contributed by atoms with E-state index in [0.29, 0.717) is 24.3 Å². The molecule has 0 saturated carbocycles. The molecule has 2 rings (SSSR count). The summed E-state index contributed by atoms with van der Waals surface area (Å²) in [6.07, 6.45) is 0.466. The molecule has 16 heavy (non-hydrogen) atoms. The number of carbonyl (C=O) groups is 1. The Balaban J connectivity index is 2.39. The van der Waals surface area contributed by atoms with Gasteiger partial charge in [-0.05, 0) is 6.92 Å². The Bertz CT molecular complexity index is 465. The Morgan fingerprint density at radius 2 is 2.38 bits per heavy atom. The van der Waals surface area contributed by atoms with Gasteiger partial charge < -0.3 is 13.9 Å². The van der Waals surface area contributed by atoms with Crippen molar-refractivity contribution >= 4 is 5.97 Å². The van der Waals surface area contributed by atoms with Gasteiger partial charge in [0.15, 0.2) is 0 Å². The van der Waals surface area contributed by atoms with Crippen molar-refractivity contribution in [3.05, 3.63) is 27.6 Å². The van der Waals surface area contributed by atoms with E-state index < -0.39 is 11.6 Å². The fourth-order valence-corrected chi connectivity index (χ4v) is 1.47. The summed E-state index contributed by atoms with van der Waals surface area (Å²) in [6.45, 7) is 2.57. The van der Waals surface area contributed by atoms with E-state index in [1.165, 1.54) is 0 Å². The number of fused-ring (bicyclic) bond motifs is 1. The summed E-state index contributed by atoms with van der Waals surface area (Å²) < 4.78 is 14.6. The minimum Gasteiger partial charge on any atom is -0.459 e. The van der Waals surface area contributed by atoms with Gasteiger partial charge in [0.05, 0.1) is 31.1 Å². The van der Waals surface area contributed by atoms with Gasteiger partial charge in [0, 0.05) is 6.42 Å². The molecule has 0 spiro atoms. The van der Waals surface area contributed by atoms with Crippen LogP contribution in [0.2, 0.25) is 0 Å².